The third-order valence-electron chi connectivity index (χ3n) is 1.62. The molecule has 13 heavy (non-hydrogen) atoms. The number of aryl methyl sites for hydroxylation is 2. The van der Waals surface area contributed by atoms with Crippen LogP contribution in [0.15, 0.2) is 23.1 Å². The van der Waals surface area contributed by atoms with Crippen LogP contribution in [0.2, 0.25) is 0 Å². The van der Waals surface area contributed by atoms with Gasteiger partial charge < -0.3 is 5.48 Å². The molecular formula is C8H12O4S. The summed E-state index contributed by atoms with van der Waals surface area (Å²) in [6, 6.07) is 4.91. The first-order valence-corrected chi connectivity index (χ1v) is 4.90. The molecule has 1 rings (SSSR count). The van der Waals surface area contributed by atoms with Crippen LogP contribution in [0.25, 0.3) is 0 Å². The smallest absolute Gasteiger partial charge is 0.294 e. The van der Waals surface area contributed by atoms with E-state index in [1.165, 1.54) is 6.07 Å². The molecule has 0 aliphatic heterocycles. The van der Waals surface area contributed by atoms with Crippen LogP contribution < -0.4 is 0 Å². The van der Waals surface area contributed by atoms with E-state index in [0.717, 1.165) is 5.56 Å². The Balaban J connectivity index is 0.00000144. The van der Waals surface area contributed by atoms with Crippen molar-refractivity contribution in [3.8, 4) is 0 Å². The second kappa shape index (κ2) is 3.87. The maximum Gasteiger partial charge on any atom is 0.294 e. The minimum atomic E-state index is -4.06. The van der Waals surface area contributed by atoms with E-state index in [0.29, 0.717) is 5.56 Å². The summed E-state index contributed by atoms with van der Waals surface area (Å²) in [5.41, 5.74) is 1.37. The van der Waals surface area contributed by atoms with Gasteiger partial charge in [-0.15, -0.1) is 0 Å². The standard InChI is InChI=1S/C8H10O3S.H2O/c1-6-3-4-7(2)8(5-6)12(9,10)11;/h3-5H,1-2H3,(H,9,10,11);1H2. The van der Waals surface area contributed by atoms with Crippen molar-refractivity contribution in [2.45, 2.75) is 18.7 Å². The first kappa shape index (κ1) is 12.1. The van der Waals surface area contributed by atoms with Crippen LogP contribution >= 0.6 is 0 Å². The SMILES string of the molecule is Cc1ccc(C)c(S(=O)(=O)O)c1.O. The van der Waals surface area contributed by atoms with Crippen molar-refractivity contribution in [1.29, 1.82) is 0 Å². The molecule has 5 heteroatoms. The number of hydrogen-bond donors (Lipinski definition) is 1. The summed E-state index contributed by atoms with van der Waals surface area (Å²) in [6.07, 6.45) is 0. The Morgan fingerprint density at radius 3 is 2.15 bits per heavy atom. The van der Waals surface area contributed by atoms with Gasteiger partial charge in [-0.1, -0.05) is 12.1 Å². The molecule has 0 heterocycles. The highest BCUT2D eigenvalue weighted by Gasteiger charge is 2.11. The van der Waals surface area contributed by atoms with Gasteiger partial charge in [0.25, 0.3) is 10.1 Å². The minimum absolute atomic E-state index is 0. The zero-order valence-electron chi connectivity index (χ0n) is 7.40. The Morgan fingerprint density at radius 1 is 1.23 bits per heavy atom. The van der Waals surface area contributed by atoms with Crippen LogP contribution in [-0.2, 0) is 10.1 Å². The zero-order chi connectivity index (χ0) is 9.35. The molecule has 0 aliphatic carbocycles. The van der Waals surface area contributed by atoms with Crippen LogP contribution in [0.4, 0.5) is 0 Å². The summed E-state index contributed by atoms with van der Waals surface area (Å²) in [5, 5.41) is 0. The van der Waals surface area contributed by atoms with Crippen molar-refractivity contribution in [3.05, 3.63) is 29.3 Å². The van der Waals surface area contributed by atoms with Crippen molar-refractivity contribution in [1.82, 2.24) is 0 Å². The first-order chi connectivity index (χ1) is 5.41. The van der Waals surface area contributed by atoms with Gasteiger partial charge in [-0.2, -0.15) is 8.42 Å². The number of rotatable bonds is 1. The van der Waals surface area contributed by atoms with Gasteiger partial charge in [0.1, 0.15) is 0 Å². The van der Waals surface area contributed by atoms with Crippen molar-refractivity contribution in [2.24, 2.45) is 0 Å². The molecule has 3 N–H and O–H groups in total. The van der Waals surface area contributed by atoms with Gasteiger partial charge in [-0.3, -0.25) is 4.55 Å². The summed E-state index contributed by atoms with van der Waals surface area (Å²) in [6.45, 7) is 3.41. The monoisotopic (exact) mass is 204 g/mol. The van der Waals surface area contributed by atoms with E-state index in [1.54, 1.807) is 26.0 Å². The molecule has 0 saturated carbocycles. The van der Waals surface area contributed by atoms with Crippen LogP contribution in [0.1, 0.15) is 11.1 Å². The largest absolute Gasteiger partial charge is 0.412 e. The maximum atomic E-state index is 10.8. The highest BCUT2D eigenvalue weighted by Crippen LogP contribution is 2.15. The lowest BCUT2D eigenvalue weighted by molar-refractivity contribution is 0.482. The molecule has 1 aromatic carbocycles. The first-order valence-electron chi connectivity index (χ1n) is 3.46. The lowest BCUT2D eigenvalue weighted by Gasteiger charge is -2.02. The molecule has 0 atom stereocenters. The maximum absolute atomic E-state index is 10.8. The number of hydrogen-bond acceptors (Lipinski definition) is 2. The molecule has 0 unspecified atom stereocenters. The van der Waals surface area contributed by atoms with Gasteiger partial charge in [0.15, 0.2) is 0 Å². The summed E-state index contributed by atoms with van der Waals surface area (Å²) in [7, 11) is -4.06. The summed E-state index contributed by atoms with van der Waals surface area (Å²) in [4.78, 5) is -0.0116. The van der Waals surface area contributed by atoms with E-state index in [9.17, 15) is 8.42 Å². The van der Waals surface area contributed by atoms with Crippen molar-refractivity contribution in [3.63, 3.8) is 0 Å². The Morgan fingerprint density at radius 2 is 1.77 bits per heavy atom. The molecule has 74 valence electrons. The summed E-state index contributed by atoms with van der Waals surface area (Å²) >= 11 is 0. The van der Waals surface area contributed by atoms with E-state index in [2.05, 4.69) is 0 Å². The van der Waals surface area contributed by atoms with Crippen LogP contribution in [0.3, 0.4) is 0 Å². The van der Waals surface area contributed by atoms with Gasteiger partial charge in [0.2, 0.25) is 0 Å². The topological polar surface area (TPSA) is 85.9 Å². The van der Waals surface area contributed by atoms with Gasteiger partial charge in [0, 0.05) is 0 Å². The fourth-order valence-corrected chi connectivity index (χ4v) is 1.79. The Hall–Kier alpha value is -0.910. The van der Waals surface area contributed by atoms with Gasteiger partial charge in [0.05, 0.1) is 4.90 Å². The lowest BCUT2D eigenvalue weighted by Crippen LogP contribution is -2.00. The highest BCUT2D eigenvalue weighted by atomic mass is 32.2. The van der Waals surface area contributed by atoms with E-state index in [4.69, 9.17) is 4.55 Å². The van der Waals surface area contributed by atoms with E-state index < -0.39 is 10.1 Å². The van der Waals surface area contributed by atoms with Gasteiger partial charge in [-0.25, -0.2) is 0 Å². The normalized spacial score (nSPS) is 10.7. The minimum Gasteiger partial charge on any atom is -0.412 e. The quantitative estimate of drug-likeness (QED) is 0.684. The molecule has 0 saturated heterocycles. The fourth-order valence-electron chi connectivity index (χ4n) is 0.985. The Bertz CT molecular complexity index is 395. The molecule has 1 aromatic rings. The predicted octanol–water partition coefficient (Wildman–Crippen LogP) is 0.725. The summed E-state index contributed by atoms with van der Waals surface area (Å²) in [5.74, 6) is 0. The number of benzene rings is 1. The average Bonchev–Trinajstić information content (AvgIpc) is 1.92. The zero-order valence-corrected chi connectivity index (χ0v) is 8.22. The lowest BCUT2D eigenvalue weighted by atomic mass is 10.2. The predicted molar refractivity (Wildman–Crippen MR) is 49.3 cm³/mol. The molecule has 0 fully saturated rings. The second-order valence-corrected chi connectivity index (χ2v) is 4.13. The molecular weight excluding hydrogens is 192 g/mol. The van der Waals surface area contributed by atoms with Gasteiger partial charge >= 0.3 is 0 Å². The van der Waals surface area contributed by atoms with Crippen LogP contribution in [0, 0.1) is 13.8 Å². The van der Waals surface area contributed by atoms with Crippen molar-refractivity contribution >= 4 is 10.1 Å². The molecule has 0 bridgehead atoms. The van der Waals surface area contributed by atoms with E-state index >= 15 is 0 Å². The molecule has 0 aliphatic rings. The third-order valence-corrected chi connectivity index (χ3v) is 2.62. The fraction of sp³-hybridized carbons (Fsp3) is 0.250. The molecule has 4 nitrogen and oxygen atoms in total. The average molecular weight is 204 g/mol. The van der Waals surface area contributed by atoms with Crippen molar-refractivity contribution in [2.75, 3.05) is 0 Å². The van der Waals surface area contributed by atoms with Crippen LogP contribution in [0.5, 0.6) is 0 Å². The van der Waals surface area contributed by atoms with Crippen molar-refractivity contribution < 1.29 is 18.4 Å². The second-order valence-electron chi connectivity index (χ2n) is 2.74. The Kier molecular flexibility index (Phi) is 3.60. The van der Waals surface area contributed by atoms with Crippen LogP contribution in [-0.4, -0.2) is 18.4 Å². The van der Waals surface area contributed by atoms with E-state index in [1.807, 2.05) is 0 Å². The Labute approximate surface area is 77.3 Å². The molecule has 0 radical (unpaired) electrons. The summed E-state index contributed by atoms with van der Waals surface area (Å²) < 4.78 is 30.3. The third kappa shape index (κ3) is 2.80. The highest BCUT2D eigenvalue weighted by molar-refractivity contribution is 7.85. The van der Waals surface area contributed by atoms with E-state index in [-0.39, 0.29) is 10.4 Å². The molecule has 0 aromatic heterocycles. The molecule has 0 spiro atoms. The van der Waals surface area contributed by atoms with Gasteiger partial charge in [-0.05, 0) is 31.0 Å². The molecule has 0 amide bonds.